The van der Waals surface area contributed by atoms with Gasteiger partial charge in [0.15, 0.2) is 0 Å². The van der Waals surface area contributed by atoms with Crippen molar-refractivity contribution < 1.29 is 9.59 Å². The summed E-state index contributed by atoms with van der Waals surface area (Å²) in [5, 5.41) is 7.10. The van der Waals surface area contributed by atoms with Gasteiger partial charge in [0.2, 0.25) is 17.8 Å². The van der Waals surface area contributed by atoms with Gasteiger partial charge in [0.05, 0.1) is 18.1 Å². The summed E-state index contributed by atoms with van der Waals surface area (Å²) in [6, 6.07) is 7.44. The monoisotopic (exact) mass is 489 g/mol. The Morgan fingerprint density at radius 2 is 2.03 bits per heavy atom. The highest BCUT2D eigenvalue weighted by atomic mass is 16.2. The number of nitrogens with one attached hydrogen (secondary N) is 3. The number of aromatic amines is 1. The number of anilines is 1. The number of nitrogens with zero attached hydrogens (tertiary/aromatic N) is 4. The molecule has 9 heteroatoms. The van der Waals surface area contributed by atoms with Crippen LogP contribution in [0.3, 0.4) is 0 Å². The topological polar surface area (TPSA) is 106 Å². The molecule has 2 aromatic heterocycles. The van der Waals surface area contributed by atoms with Crippen LogP contribution in [0.4, 0.5) is 5.95 Å². The van der Waals surface area contributed by atoms with E-state index in [1.165, 1.54) is 16.5 Å². The summed E-state index contributed by atoms with van der Waals surface area (Å²) >= 11 is 0. The van der Waals surface area contributed by atoms with Crippen molar-refractivity contribution in [1.29, 1.82) is 0 Å². The van der Waals surface area contributed by atoms with E-state index in [9.17, 15) is 9.59 Å². The van der Waals surface area contributed by atoms with Crippen LogP contribution in [0.5, 0.6) is 0 Å². The van der Waals surface area contributed by atoms with Crippen molar-refractivity contribution >= 4 is 28.7 Å². The summed E-state index contributed by atoms with van der Waals surface area (Å²) in [6.45, 7) is 7.19. The quantitative estimate of drug-likeness (QED) is 0.470. The van der Waals surface area contributed by atoms with E-state index in [1.807, 2.05) is 17.9 Å². The second kappa shape index (κ2) is 9.89. The Morgan fingerprint density at radius 1 is 1.25 bits per heavy atom. The number of hydrogen-bond acceptors (Lipinski definition) is 6. The fraction of sp³-hybridized carbons (Fsp3) is 0.481. The smallest absolute Gasteiger partial charge is 0.245 e. The Morgan fingerprint density at radius 3 is 2.75 bits per heavy atom. The largest absolute Gasteiger partial charge is 0.361 e. The highest BCUT2D eigenvalue weighted by Crippen LogP contribution is 2.44. The molecule has 0 unspecified atom stereocenters. The number of amides is 2. The van der Waals surface area contributed by atoms with Gasteiger partial charge in [0.1, 0.15) is 6.04 Å². The lowest BCUT2D eigenvalue weighted by atomic mass is 9.90. The van der Waals surface area contributed by atoms with Crippen LogP contribution in [0.2, 0.25) is 0 Å². The summed E-state index contributed by atoms with van der Waals surface area (Å²) in [7, 11) is 1.74. The predicted octanol–water partition coefficient (Wildman–Crippen LogP) is 2.34. The summed E-state index contributed by atoms with van der Waals surface area (Å²) in [4.78, 5) is 43.2. The Hall–Kier alpha value is -3.46. The van der Waals surface area contributed by atoms with Gasteiger partial charge in [-0.3, -0.25) is 9.59 Å². The zero-order valence-corrected chi connectivity index (χ0v) is 21.4. The van der Waals surface area contributed by atoms with E-state index in [-0.39, 0.29) is 35.9 Å². The van der Waals surface area contributed by atoms with Gasteiger partial charge in [-0.1, -0.05) is 19.1 Å². The lowest BCUT2D eigenvalue weighted by molar-refractivity contribution is -0.137. The molecule has 0 radical (unpaired) electrons. The molecule has 3 aromatic rings. The molecular formula is C27H35N7O2. The molecule has 0 spiro atoms. The average Bonchev–Trinajstić information content (AvgIpc) is 3.60. The highest BCUT2D eigenvalue weighted by Gasteiger charge is 2.52. The van der Waals surface area contributed by atoms with E-state index in [2.05, 4.69) is 61.8 Å². The van der Waals surface area contributed by atoms with Crippen molar-refractivity contribution in [3.8, 4) is 0 Å². The molecule has 1 aromatic carbocycles. The fourth-order valence-electron chi connectivity index (χ4n) is 5.82. The van der Waals surface area contributed by atoms with E-state index >= 15 is 0 Å². The van der Waals surface area contributed by atoms with Crippen molar-refractivity contribution in [3.63, 3.8) is 0 Å². The zero-order valence-electron chi connectivity index (χ0n) is 21.4. The van der Waals surface area contributed by atoms with Gasteiger partial charge in [-0.2, -0.15) is 0 Å². The molecule has 36 heavy (non-hydrogen) atoms. The van der Waals surface area contributed by atoms with E-state index in [4.69, 9.17) is 0 Å². The first-order valence-electron chi connectivity index (χ1n) is 12.8. The number of rotatable bonds is 7. The molecule has 190 valence electrons. The van der Waals surface area contributed by atoms with Gasteiger partial charge < -0.3 is 25.4 Å². The number of fused-ring (bicyclic) bond motifs is 2. The molecule has 2 aliphatic rings. The Bertz CT molecular complexity index is 1240. The molecule has 3 N–H and O–H groups in total. The third-order valence-electron chi connectivity index (χ3n) is 7.84. The standard InChI is InChI=1S/C27H35N7O2/c1-5-21(32-25(35)17(3)28-4)26(36)33-12-9-23-24(33)20(15-34(23)27-29-10-6-11-30-27)19-14-31-22-13-16(2)7-8-18(19)22/h6-8,10-11,13-14,17,20-21,23-24,28,31H,5,9,12,15H2,1-4H3,(H,32,35)/t17-,20+,21-,23+,24+/m0/s1. The van der Waals surface area contributed by atoms with Crippen LogP contribution in [0, 0.1) is 6.92 Å². The number of likely N-dealkylation sites (N-methyl/N-ethyl adjacent to an activating group) is 1. The Labute approximate surface area is 211 Å². The molecule has 2 saturated heterocycles. The molecule has 2 aliphatic heterocycles. The van der Waals surface area contributed by atoms with Gasteiger partial charge in [-0.15, -0.1) is 0 Å². The first kappa shape index (κ1) is 24.2. The summed E-state index contributed by atoms with van der Waals surface area (Å²) in [6.07, 6.45) is 7.00. The van der Waals surface area contributed by atoms with Crippen LogP contribution in [0.15, 0.2) is 42.9 Å². The first-order valence-corrected chi connectivity index (χ1v) is 12.8. The SMILES string of the molecule is CC[C@H](NC(=O)[C@H](C)NC)C(=O)N1CC[C@@H]2[C@H]1[C@@H](c1c[nH]c3cc(C)ccc13)CN2c1ncccn1. The minimum Gasteiger partial charge on any atom is -0.361 e. The van der Waals surface area contributed by atoms with E-state index < -0.39 is 6.04 Å². The van der Waals surface area contributed by atoms with Gasteiger partial charge in [-0.05, 0) is 57.0 Å². The Balaban J connectivity index is 1.50. The Kier molecular flexibility index (Phi) is 6.66. The number of likely N-dealkylation sites (tertiary alicyclic amines) is 1. The maximum absolute atomic E-state index is 13.9. The van der Waals surface area contributed by atoms with Crippen LogP contribution in [-0.2, 0) is 9.59 Å². The van der Waals surface area contributed by atoms with Gasteiger partial charge >= 0.3 is 0 Å². The molecule has 5 rings (SSSR count). The van der Waals surface area contributed by atoms with Crippen LogP contribution >= 0.6 is 0 Å². The molecule has 5 atom stereocenters. The van der Waals surface area contributed by atoms with Crippen LogP contribution in [0.1, 0.15) is 43.7 Å². The minimum atomic E-state index is -0.555. The number of aromatic nitrogens is 3. The maximum atomic E-state index is 13.9. The minimum absolute atomic E-state index is 0.0156. The number of aryl methyl sites for hydroxylation is 1. The lowest BCUT2D eigenvalue weighted by Crippen LogP contribution is -2.54. The highest BCUT2D eigenvalue weighted by molar-refractivity contribution is 5.90. The lowest BCUT2D eigenvalue weighted by Gasteiger charge is -2.32. The predicted molar refractivity (Wildman–Crippen MR) is 140 cm³/mol. The first-order chi connectivity index (χ1) is 17.4. The van der Waals surface area contributed by atoms with Gasteiger partial charge in [-0.25, -0.2) is 9.97 Å². The van der Waals surface area contributed by atoms with Crippen molar-refractivity contribution in [1.82, 2.24) is 30.5 Å². The number of hydrogen-bond donors (Lipinski definition) is 3. The van der Waals surface area contributed by atoms with Crippen molar-refractivity contribution in [2.45, 2.75) is 63.7 Å². The second-order valence-corrected chi connectivity index (χ2v) is 9.96. The van der Waals surface area contributed by atoms with Crippen molar-refractivity contribution in [3.05, 3.63) is 54.0 Å². The summed E-state index contributed by atoms with van der Waals surface area (Å²) < 4.78 is 0. The number of benzene rings is 1. The average molecular weight is 490 g/mol. The molecular weight excluding hydrogens is 454 g/mol. The maximum Gasteiger partial charge on any atom is 0.245 e. The molecule has 0 bridgehead atoms. The second-order valence-electron chi connectivity index (χ2n) is 9.96. The zero-order chi connectivity index (χ0) is 25.4. The molecule has 4 heterocycles. The summed E-state index contributed by atoms with van der Waals surface area (Å²) in [5.41, 5.74) is 3.51. The fourth-order valence-corrected chi connectivity index (χ4v) is 5.82. The van der Waals surface area contributed by atoms with Crippen molar-refractivity contribution in [2.24, 2.45) is 0 Å². The van der Waals surface area contributed by atoms with E-state index in [1.54, 1.807) is 26.4 Å². The molecule has 2 amide bonds. The third kappa shape index (κ3) is 4.21. The van der Waals surface area contributed by atoms with E-state index in [0.29, 0.717) is 18.9 Å². The molecule has 0 saturated carbocycles. The molecule has 9 nitrogen and oxygen atoms in total. The van der Waals surface area contributed by atoms with Crippen LogP contribution < -0.4 is 15.5 Å². The molecule has 0 aliphatic carbocycles. The number of H-pyrrole nitrogens is 1. The van der Waals surface area contributed by atoms with Gasteiger partial charge in [0.25, 0.3) is 0 Å². The van der Waals surface area contributed by atoms with Crippen molar-refractivity contribution in [2.75, 3.05) is 25.0 Å². The van der Waals surface area contributed by atoms with E-state index in [0.717, 1.165) is 18.5 Å². The van der Waals surface area contributed by atoms with Crippen LogP contribution in [0.25, 0.3) is 10.9 Å². The molecule has 2 fully saturated rings. The van der Waals surface area contributed by atoms with Crippen LogP contribution in [-0.4, -0.2) is 76.0 Å². The van der Waals surface area contributed by atoms with Gasteiger partial charge in [0, 0.05) is 48.5 Å². The number of carbonyl (C=O) groups excluding carboxylic acids is 2. The normalized spacial score (nSPS) is 23.1. The number of carbonyl (C=O) groups is 2. The summed E-state index contributed by atoms with van der Waals surface area (Å²) in [5.74, 6) is 0.607. The third-order valence-corrected chi connectivity index (χ3v) is 7.84.